The van der Waals surface area contributed by atoms with Gasteiger partial charge in [-0.05, 0) is 12.8 Å². The zero-order valence-electron chi connectivity index (χ0n) is 20.1. The van der Waals surface area contributed by atoms with Gasteiger partial charge in [0.25, 0.3) is 0 Å². The van der Waals surface area contributed by atoms with E-state index in [-0.39, 0.29) is 19.4 Å². The van der Waals surface area contributed by atoms with E-state index < -0.39 is 32.5 Å². The van der Waals surface area contributed by atoms with E-state index in [1.807, 2.05) is 0 Å². The van der Waals surface area contributed by atoms with Crippen LogP contribution in [-0.2, 0) is 28.2 Å². The topological polar surface area (TPSA) is 119 Å². The molecule has 0 aliphatic rings. The van der Waals surface area contributed by atoms with E-state index in [4.69, 9.17) is 19.3 Å². The number of hydrogen-bond acceptors (Lipinski definition) is 6. The fraction of sp³-hybridized carbons (Fsp3) is 0.913. The summed E-state index contributed by atoms with van der Waals surface area (Å²) in [4.78, 5) is 41.8. The van der Waals surface area contributed by atoms with Crippen LogP contribution in [0.2, 0.25) is 0 Å². The van der Waals surface area contributed by atoms with Crippen molar-refractivity contribution in [2.24, 2.45) is 0 Å². The Labute approximate surface area is 194 Å². The number of esters is 2. The molecule has 0 rings (SSSR count). The number of ether oxygens (including phenoxy) is 2. The zero-order chi connectivity index (χ0) is 24.1. The van der Waals surface area contributed by atoms with Crippen LogP contribution < -0.4 is 0 Å². The smallest absolute Gasteiger partial charge is 0.462 e. The van der Waals surface area contributed by atoms with Gasteiger partial charge in [0.2, 0.25) is 0 Å². The van der Waals surface area contributed by atoms with Gasteiger partial charge in [-0.15, -0.1) is 0 Å². The fourth-order valence-electron chi connectivity index (χ4n) is 3.25. The van der Waals surface area contributed by atoms with E-state index in [0.717, 1.165) is 44.9 Å². The largest absolute Gasteiger partial charge is 0.469 e. The lowest BCUT2D eigenvalue weighted by Gasteiger charge is -2.18. The Kier molecular flexibility index (Phi) is 20.0. The normalized spacial score (nSPS) is 12.5. The van der Waals surface area contributed by atoms with Crippen LogP contribution in [-0.4, -0.2) is 41.0 Å². The third kappa shape index (κ3) is 22.3. The first-order valence-corrected chi connectivity index (χ1v) is 13.9. The van der Waals surface area contributed by atoms with Crippen molar-refractivity contribution < 1.29 is 37.9 Å². The van der Waals surface area contributed by atoms with E-state index in [9.17, 15) is 14.2 Å². The van der Waals surface area contributed by atoms with Crippen molar-refractivity contribution in [3.63, 3.8) is 0 Å². The first-order valence-electron chi connectivity index (χ1n) is 12.3. The second-order valence-electron chi connectivity index (χ2n) is 8.32. The minimum atomic E-state index is -4.71. The van der Waals surface area contributed by atoms with Crippen LogP contribution >= 0.6 is 7.82 Å². The van der Waals surface area contributed by atoms with Gasteiger partial charge < -0.3 is 19.3 Å². The summed E-state index contributed by atoms with van der Waals surface area (Å²) < 4.78 is 25.8. The number of rotatable bonds is 22. The molecule has 190 valence electrons. The van der Waals surface area contributed by atoms with Gasteiger partial charge in [-0.3, -0.25) is 14.1 Å². The summed E-state index contributed by atoms with van der Waals surface area (Å²) in [6.45, 7) is 3.51. The Hall–Kier alpha value is -0.950. The number of hydrogen-bond donors (Lipinski definition) is 2. The molecule has 1 atom stereocenters. The van der Waals surface area contributed by atoms with Gasteiger partial charge in [0.05, 0.1) is 6.61 Å². The predicted molar refractivity (Wildman–Crippen MR) is 124 cm³/mol. The van der Waals surface area contributed by atoms with Crippen molar-refractivity contribution in [1.82, 2.24) is 0 Å². The molecule has 9 heteroatoms. The minimum absolute atomic E-state index is 0.213. The molecule has 0 heterocycles. The number of unbranched alkanes of at least 4 members (excludes halogenated alkanes) is 12. The monoisotopic (exact) mass is 480 g/mol. The highest BCUT2D eigenvalue weighted by Crippen LogP contribution is 2.35. The summed E-state index contributed by atoms with van der Waals surface area (Å²) >= 11 is 0. The molecule has 2 N–H and O–H groups in total. The minimum Gasteiger partial charge on any atom is -0.462 e. The maximum atomic E-state index is 12.0. The van der Waals surface area contributed by atoms with Crippen LogP contribution in [0.15, 0.2) is 0 Å². The molecule has 0 aliphatic carbocycles. The summed E-state index contributed by atoms with van der Waals surface area (Å²) in [5.41, 5.74) is 0. The van der Waals surface area contributed by atoms with Crippen LogP contribution in [0.4, 0.5) is 0 Å². The van der Waals surface area contributed by atoms with Crippen molar-refractivity contribution in [2.75, 3.05) is 13.2 Å². The summed E-state index contributed by atoms with van der Waals surface area (Å²) in [6.07, 6.45) is 14.5. The standard InChI is InChI=1S/C23H45O8P/c1-3-5-7-9-11-12-14-15-17-22(24)29-19-21(20-30-32(26,27)28)31-23(25)18-16-13-10-8-6-4-2/h21H,3-20H2,1-2H3,(H2,26,27,28)/t21-/m1/s1. The second kappa shape index (κ2) is 20.6. The molecule has 0 aromatic rings. The summed E-state index contributed by atoms with van der Waals surface area (Å²) in [6, 6.07) is 0. The average Bonchev–Trinajstić information content (AvgIpc) is 2.73. The van der Waals surface area contributed by atoms with Crippen LogP contribution in [0.3, 0.4) is 0 Å². The molecule has 0 radical (unpaired) electrons. The molecule has 0 amide bonds. The second-order valence-corrected chi connectivity index (χ2v) is 9.56. The van der Waals surface area contributed by atoms with E-state index in [1.54, 1.807) is 0 Å². The van der Waals surface area contributed by atoms with Crippen molar-refractivity contribution in [1.29, 1.82) is 0 Å². The Morgan fingerprint density at radius 2 is 1.12 bits per heavy atom. The summed E-state index contributed by atoms with van der Waals surface area (Å²) in [7, 11) is -4.71. The Bertz CT molecular complexity index is 520. The van der Waals surface area contributed by atoms with E-state index in [2.05, 4.69) is 18.4 Å². The molecule has 0 aromatic heterocycles. The van der Waals surface area contributed by atoms with Crippen LogP contribution in [0, 0.1) is 0 Å². The molecule has 0 fully saturated rings. The summed E-state index contributed by atoms with van der Waals surface area (Å²) in [5.74, 6) is -0.900. The van der Waals surface area contributed by atoms with E-state index in [1.165, 1.54) is 38.5 Å². The third-order valence-electron chi connectivity index (χ3n) is 5.13. The number of carbonyl (C=O) groups excluding carboxylic acids is 2. The highest BCUT2D eigenvalue weighted by Gasteiger charge is 2.22. The Morgan fingerprint density at radius 3 is 1.59 bits per heavy atom. The maximum Gasteiger partial charge on any atom is 0.469 e. The van der Waals surface area contributed by atoms with Crippen molar-refractivity contribution in [3.05, 3.63) is 0 Å². The molecule has 0 aliphatic heterocycles. The fourth-order valence-corrected chi connectivity index (χ4v) is 3.61. The number of phosphoric acid groups is 1. The van der Waals surface area contributed by atoms with Gasteiger partial charge >= 0.3 is 19.8 Å². The first-order chi connectivity index (χ1) is 15.3. The predicted octanol–water partition coefficient (Wildman–Crippen LogP) is 5.83. The highest BCUT2D eigenvalue weighted by atomic mass is 31.2. The zero-order valence-corrected chi connectivity index (χ0v) is 21.0. The lowest BCUT2D eigenvalue weighted by Crippen LogP contribution is -2.29. The highest BCUT2D eigenvalue weighted by molar-refractivity contribution is 7.46. The number of phosphoric ester groups is 1. The SMILES string of the molecule is CCCCCCCCCCC(=O)OC[C@H](COP(=O)(O)O)OC(=O)CCCCCCCC. The molecule has 32 heavy (non-hydrogen) atoms. The van der Waals surface area contributed by atoms with Crippen molar-refractivity contribution >= 4 is 19.8 Å². The van der Waals surface area contributed by atoms with Gasteiger partial charge in [0.15, 0.2) is 6.10 Å². The lowest BCUT2D eigenvalue weighted by atomic mass is 10.1. The molecule has 0 saturated heterocycles. The lowest BCUT2D eigenvalue weighted by molar-refractivity contribution is -0.161. The molecule has 0 spiro atoms. The average molecular weight is 481 g/mol. The van der Waals surface area contributed by atoms with Gasteiger partial charge in [-0.25, -0.2) is 4.57 Å². The molecule has 0 aromatic carbocycles. The van der Waals surface area contributed by atoms with Crippen LogP contribution in [0.5, 0.6) is 0 Å². The molecule has 8 nitrogen and oxygen atoms in total. The van der Waals surface area contributed by atoms with Gasteiger partial charge in [0.1, 0.15) is 6.61 Å². The quantitative estimate of drug-likeness (QED) is 0.113. The Morgan fingerprint density at radius 1 is 0.688 bits per heavy atom. The molecular formula is C23H45O8P. The van der Waals surface area contributed by atoms with Crippen molar-refractivity contribution in [3.8, 4) is 0 Å². The van der Waals surface area contributed by atoms with Crippen LogP contribution in [0.25, 0.3) is 0 Å². The van der Waals surface area contributed by atoms with Crippen LogP contribution in [0.1, 0.15) is 117 Å². The number of carbonyl (C=O) groups is 2. The van der Waals surface area contributed by atoms with E-state index in [0.29, 0.717) is 6.42 Å². The molecule has 0 unspecified atom stereocenters. The maximum absolute atomic E-state index is 12.0. The van der Waals surface area contributed by atoms with Gasteiger partial charge in [-0.2, -0.15) is 0 Å². The first kappa shape index (κ1) is 31.0. The van der Waals surface area contributed by atoms with E-state index >= 15 is 0 Å². The molecule has 0 saturated carbocycles. The molecule has 0 bridgehead atoms. The van der Waals surface area contributed by atoms with Gasteiger partial charge in [-0.1, -0.05) is 90.9 Å². The molecular weight excluding hydrogens is 435 g/mol. The van der Waals surface area contributed by atoms with Crippen molar-refractivity contribution in [2.45, 2.75) is 123 Å². The third-order valence-corrected chi connectivity index (χ3v) is 5.61. The summed E-state index contributed by atoms with van der Waals surface area (Å²) in [5, 5.41) is 0. The van der Waals surface area contributed by atoms with Gasteiger partial charge in [0, 0.05) is 12.8 Å². The Balaban J connectivity index is 4.15.